The Hall–Kier alpha value is -3.08. The molecule has 0 aliphatic carbocycles. The van der Waals surface area contributed by atoms with Gasteiger partial charge in [-0.3, -0.25) is 14.2 Å². The molecule has 1 aliphatic heterocycles. The van der Waals surface area contributed by atoms with Gasteiger partial charge in [0.25, 0.3) is 11.5 Å². The standard InChI is InChI=1S/C15H13F3N4O4/c1-7-3-10-9(22(19)13(24)6-26-10)4-8(7)21-12(23)5-11(15(16,17)18)20(2)14(21)25/h3-5H,6,19H2,1-2H3. The molecule has 0 atom stereocenters. The van der Waals surface area contributed by atoms with E-state index in [9.17, 15) is 27.6 Å². The van der Waals surface area contributed by atoms with E-state index in [0.29, 0.717) is 20.8 Å². The van der Waals surface area contributed by atoms with Crippen LogP contribution < -0.4 is 26.8 Å². The van der Waals surface area contributed by atoms with Gasteiger partial charge in [0.2, 0.25) is 0 Å². The molecule has 2 N–H and O–H groups in total. The first-order valence-corrected chi connectivity index (χ1v) is 7.28. The van der Waals surface area contributed by atoms with Gasteiger partial charge in [-0.15, -0.1) is 0 Å². The lowest BCUT2D eigenvalue weighted by Crippen LogP contribution is -2.44. The number of fused-ring (bicyclic) bond motifs is 1. The molecule has 0 bridgehead atoms. The Morgan fingerprint density at radius 1 is 1.12 bits per heavy atom. The summed E-state index contributed by atoms with van der Waals surface area (Å²) in [6.45, 7) is 1.27. The highest BCUT2D eigenvalue weighted by Gasteiger charge is 2.35. The highest BCUT2D eigenvalue weighted by molar-refractivity contribution is 5.97. The summed E-state index contributed by atoms with van der Waals surface area (Å²) in [7, 11) is 0.913. The van der Waals surface area contributed by atoms with Gasteiger partial charge >= 0.3 is 11.9 Å². The van der Waals surface area contributed by atoms with Crippen molar-refractivity contribution in [1.29, 1.82) is 0 Å². The van der Waals surface area contributed by atoms with Crippen molar-refractivity contribution in [3.05, 3.63) is 50.3 Å². The number of anilines is 1. The van der Waals surface area contributed by atoms with E-state index >= 15 is 0 Å². The molecular formula is C15H13F3N4O4. The molecule has 2 aromatic rings. The molecule has 26 heavy (non-hydrogen) atoms. The van der Waals surface area contributed by atoms with Crippen molar-refractivity contribution in [3.63, 3.8) is 0 Å². The molecule has 0 unspecified atom stereocenters. The maximum atomic E-state index is 13.0. The van der Waals surface area contributed by atoms with Crippen LogP contribution in [0.1, 0.15) is 11.3 Å². The molecule has 1 aromatic carbocycles. The van der Waals surface area contributed by atoms with E-state index in [1.54, 1.807) is 6.92 Å². The van der Waals surface area contributed by atoms with E-state index in [2.05, 4.69) is 0 Å². The third kappa shape index (κ3) is 2.65. The molecule has 1 aliphatic rings. The maximum absolute atomic E-state index is 13.0. The third-order valence-corrected chi connectivity index (χ3v) is 4.01. The minimum absolute atomic E-state index is 0.00294. The van der Waals surface area contributed by atoms with Gasteiger partial charge in [-0.25, -0.2) is 20.2 Å². The molecule has 0 fully saturated rings. The zero-order valence-electron chi connectivity index (χ0n) is 13.6. The van der Waals surface area contributed by atoms with Crippen LogP contribution in [0, 0.1) is 6.92 Å². The van der Waals surface area contributed by atoms with Crippen LogP contribution in [0.15, 0.2) is 27.8 Å². The molecule has 11 heteroatoms. The van der Waals surface area contributed by atoms with Crippen molar-refractivity contribution in [1.82, 2.24) is 9.13 Å². The zero-order chi connectivity index (χ0) is 19.4. The number of hydrogen-bond donors (Lipinski definition) is 1. The molecule has 2 heterocycles. The predicted octanol–water partition coefficient (Wildman–Crippen LogP) is 0.463. The van der Waals surface area contributed by atoms with Gasteiger partial charge < -0.3 is 4.74 Å². The lowest BCUT2D eigenvalue weighted by atomic mass is 10.1. The van der Waals surface area contributed by atoms with E-state index in [-0.39, 0.29) is 23.7 Å². The summed E-state index contributed by atoms with van der Waals surface area (Å²) in [5.74, 6) is 5.36. The number of ether oxygens (including phenoxy) is 1. The fourth-order valence-electron chi connectivity index (χ4n) is 2.67. The second kappa shape index (κ2) is 5.73. The van der Waals surface area contributed by atoms with Crippen molar-refractivity contribution >= 4 is 11.6 Å². The molecule has 3 rings (SSSR count). The van der Waals surface area contributed by atoms with E-state index < -0.39 is 29.0 Å². The van der Waals surface area contributed by atoms with Gasteiger partial charge in [-0.2, -0.15) is 13.2 Å². The number of hydrogen-bond acceptors (Lipinski definition) is 5. The molecule has 1 aromatic heterocycles. The van der Waals surface area contributed by atoms with Crippen LogP contribution in [0.3, 0.4) is 0 Å². The Morgan fingerprint density at radius 3 is 2.38 bits per heavy atom. The Bertz CT molecular complexity index is 1040. The van der Waals surface area contributed by atoms with E-state index in [4.69, 9.17) is 10.6 Å². The average molecular weight is 370 g/mol. The van der Waals surface area contributed by atoms with Crippen molar-refractivity contribution < 1.29 is 22.7 Å². The van der Waals surface area contributed by atoms with E-state index in [1.807, 2.05) is 0 Å². The van der Waals surface area contributed by atoms with Crippen LogP contribution in [0.5, 0.6) is 5.75 Å². The first kappa shape index (κ1) is 17.7. The van der Waals surface area contributed by atoms with Crippen molar-refractivity contribution in [2.24, 2.45) is 12.9 Å². The number of carbonyl (C=O) groups is 1. The summed E-state index contributed by atoms with van der Waals surface area (Å²) in [4.78, 5) is 36.3. The Labute approximate surface area is 143 Å². The van der Waals surface area contributed by atoms with E-state index in [1.165, 1.54) is 12.1 Å². The molecule has 138 valence electrons. The Morgan fingerprint density at radius 2 is 1.77 bits per heavy atom. The summed E-state index contributed by atoms with van der Waals surface area (Å²) in [6, 6.07) is 3.03. The van der Waals surface area contributed by atoms with Crippen LogP contribution in [0.2, 0.25) is 0 Å². The molecule has 8 nitrogen and oxygen atoms in total. The number of benzene rings is 1. The molecule has 0 radical (unpaired) electrons. The van der Waals surface area contributed by atoms with Gasteiger partial charge in [0, 0.05) is 13.1 Å². The molecular weight excluding hydrogens is 357 g/mol. The van der Waals surface area contributed by atoms with Gasteiger partial charge in [-0.1, -0.05) is 0 Å². The molecule has 0 spiro atoms. The third-order valence-electron chi connectivity index (χ3n) is 4.01. The number of aromatic nitrogens is 2. The van der Waals surface area contributed by atoms with Crippen LogP contribution in [0.25, 0.3) is 5.69 Å². The Kier molecular flexibility index (Phi) is 3.91. The monoisotopic (exact) mass is 370 g/mol. The van der Waals surface area contributed by atoms with Crippen molar-refractivity contribution in [2.75, 3.05) is 11.6 Å². The van der Waals surface area contributed by atoms with Crippen LogP contribution >= 0.6 is 0 Å². The number of amides is 1. The number of hydrazine groups is 1. The largest absolute Gasteiger partial charge is 0.481 e. The first-order chi connectivity index (χ1) is 12.0. The van der Waals surface area contributed by atoms with Crippen LogP contribution in [-0.4, -0.2) is 21.6 Å². The predicted molar refractivity (Wildman–Crippen MR) is 84.2 cm³/mol. The number of nitrogens with two attached hydrogens (primary N) is 1. The number of aryl methyl sites for hydroxylation is 1. The summed E-state index contributed by atoms with van der Waals surface area (Å²) in [5, 5.41) is 0.793. The van der Waals surface area contributed by atoms with Gasteiger partial charge in [0.15, 0.2) is 6.61 Å². The van der Waals surface area contributed by atoms with E-state index in [0.717, 1.165) is 12.1 Å². The maximum Gasteiger partial charge on any atom is 0.431 e. The summed E-state index contributed by atoms with van der Waals surface area (Å²) in [6.07, 6.45) is -4.86. The number of alkyl halides is 3. The van der Waals surface area contributed by atoms with Crippen molar-refractivity contribution in [3.8, 4) is 11.4 Å². The first-order valence-electron chi connectivity index (χ1n) is 7.28. The number of carbonyl (C=O) groups excluding carboxylic acids is 1. The summed E-state index contributed by atoms with van der Waals surface area (Å²) < 4.78 is 45.0. The summed E-state index contributed by atoms with van der Waals surface area (Å²) in [5.41, 5.74) is -3.23. The average Bonchev–Trinajstić information content (AvgIpc) is 2.54. The minimum Gasteiger partial charge on any atom is -0.481 e. The number of nitrogens with zero attached hydrogens (tertiary/aromatic N) is 3. The molecule has 0 saturated carbocycles. The van der Waals surface area contributed by atoms with Crippen LogP contribution in [-0.2, 0) is 18.0 Å². The lowest BCUT2D eigenvalue weighted by Gasteiger charge is -2.26. The normalized spacial score (nSPS) is 14.2. The SMILES string of the molecule is Cc1cc2c(cc1-n1c(=O)cc(C(F)(F)F)n(C)c1=O)N(N)C(=O)CO2. The topological polar surface area (TPSA) is 99.6 Å². The fraction of sp³-hybridized carbons (Fsp3) is 0.267. The quantitative estimate of drug-likeness (QED) is 0.581. The highest BCUT2D eigenvalue weighted by Crippen LogP contribution is 2.34. The van der Waals surface area contributed by atoms with Gasteiger partial charge in [-0.05, 0) is 24.6 Å². The van der Waals surface area contributed by atoms with Gasteiger partial charge in [0.1, 0.15) is 17.1 Å². The second-order valence-electron chi connectivity index (χ2n) is 5.70. The highest BCUT2D eigenvalue weighted by atomic mass is 19.4. The van der Waals surface area contributed by atoms with Gasteiger partial charge in [0.05, 0.1) is 5.69 Å². The molecule has 1 amide bonds. The summed E-state index contributed by atoms with van der Waals surface area (Å²) >= 11 is 0. The second-order valence-corrected chi connectivity index (χ2v) is 5.70. The molecule has 0 saturated heterocycles. The fourth-order valence-corrected chi connectivity index (χ4v) is 2.67. The minimum atomic E-state index is -4.86. The number of halogens is 3. The number of rotatable bonds is 1. The zero-order valence-corrected chi connectivity index (χ0v) is 13.6. The van der Waals surface area contributed by atoms with Crippen molar-refractivity contribution in [2.45, 2.75) is 13.1 Å². The van der Waals surface area contributed by atoms with Crippen LogP contribution in [0.4, 0.5) is 18.9 Å². The lowest BCUT2D eigenvalue weighted by molar-refractivity contribution is -0.144. The Balaban J connectivity index is 2.29. The smallest absolute Gasteiger partial charge is 0.431 e.